The van der Waals surface area contributed by atoms with Crippen LogP contribution < -0.4 is 11.1 Å². The van der Waals surface area contributed by atoms with Gasteiger partial charge in [0.15, 0.2) is 5.65 Å². The van der Waals surface area contributed by atoms with Crippen molar-refractivity contribution in [2.24, 2.45) is 5.10 Å². The molecule has 9 heteroatoms. The number of thiophene rings is 1. The lowest BCUT2D eigenvalue weighted by Crippen LogP contribution is -2.32. The van der Waals surface area contributed by atoms with E-state index < -0.39 is 0 Å². The minimum atomic E-state index is -0.303. The average molecular weight is 420 g/mol. The quantitative estimate of drug-likeness (QED) is 0.483. The molecule has 0 aliphatic carbocycles. The number of benzene rings is 1. The highest BCUT2D eigenvalue weighted by atomic mass is 32.1. The van der Waals surface area contributed by atoms with Crippen molar-refractivity contribution in [1.29, 1.82) is 0 Å². The topological polar surface area (TPSA) is 107 Å². The zero-order valence-corrected chi connectivity index (χ0v) is 16.9. The first-order valence-electron chi connectivity index (χ1n) is 9.75. The van der Waals surface area contributed by atoms with E-state index in [1.165, 1.54) is 4.68 Å². The fourth-order valence-corrected chi connectivity index (χ4v) is 4.15. The van der Waals surface area contributed by atoms with E-state index in [1.807, 2.05) is 41.8 Å². The van der Waals surface area contributed by atoms with Gasteiger partial charge in [0, 0.05) is 18.0 Å². The van der Waals surface area contributed by atoms with E-state index in [0.29, 0.717) is 28.7 Å². The average Bonchev–Trinajstić information content (AvgIpc) is 3.50. The van der Waals surface area contributed by atoms with Gasteiger partial charge in [0.2, 0.25) is 0 Å². The number of carbonyl (C=O) groups is 1. The van der Waals surface area contributed by atoms with Crippen molar-refractivity contribution in [1.82, 2.24) is 20.0 Å². The van der Waals surface area contributed by atoms with Gasteiger partial charge in [-0.15, -0.1) is 11.3 Å². The SMILES string of the molecule is Nc1c(C(=O)NC[C@H]2CCCO2)c2nc3ccccc3nc2n1/N=C\c1cccs1. The number of nitrogens with two attached hydrogens (primary N) is 1. The Morgan fingerprint density at radius 3 is 2.87 bits per heavy atom. The van der Waals surface area contributed by atoms with Gasteiger partial charge in [0.25, 0.3) is 5.91 Å². The van der Waals surface area contributed by atoms with E-state index in [9.17, 15) is 4.79 Å². The molecule has 1 aromatic carbocycles. The molecule has 8 nitrogen and oxygen atoms in total. The number of rotatable bonds is 5. The third-order valence-electron chi connectivity index (χ3n) is 5.06. The van der Waals surface area contributed by atoms with Gasteiger partial charge in [-0.05, 0) is 36.4 Å². The monoisotopic (exact) mass is 420 g/mol. The highest BCUT2D eigenvalue weighted by molar-refractivity contribution is 7.11. The van der Waals surface area contributed by atoms with E-state index in [2.05, 4.69) is 20.4 Å². The molecular weight excluding hydrogens is 400 g/mol. The van der Waals surface area contributed by atoms with Crippen LogP contribution in [0.3, 0.4) is 0 Å². The van der Waals surface area contributed by atoms with Crippen LogP contribution in [0.5, 0.6) is 0 Å². The third-order valence-corrected chi connectivity index (χ3v) is 5.87. The number of hydrogen-bond donors (Lipinski definition) is 2. The molecule has 1 fully saturated rings. The summed E-state index contributed by atoms with van der Waals surface area (Å²) in [7, 11) is 0. The van der Waals surface area contributed by atoms with Gasteiger partial charge in [0.1, 0.15) is 16.9 Å². The van der Waals surface area contributed by atoms with Crippen molar-refractivity contribution in [3.63, 3.8) is 0 Å². The number of aromatic nitrogens is 3. The molecule has 4 aromatic rings. The Balaban J connectivity index is 1.60. The van der Waals surface area contributed by atoms with Crippen molar-refractivity contribution in [3.8, 4) is 0 Å². The first-order chi connectivity index (χ1) is 14.7. The molecular formula is C21H20N6O2S. The number of carbonyl (C=O) groups excluding carboxylic acids is 1. The van der Waals surface area contributed by atoms with Crippen molar-refractivity contribution < 1.29 is 9.53 Å². The zero-order valence-electron chi connectivity index (χ0n) is 16.1. The fraction of sp³-hybridized carbons (Fsp3) is 0.238. The minimum Gasteiger partial charge on any atom is -0.383 e. The van der Waals surface area contributed by atoms with E-state index in [1.54, 1.807) is 17.6 Å². The van der Waals surface area contributed by atoms with Crippen LogP contribution >= 0.6 is 11.3 Å². The van der Waals surface area contributed by atoms with Gasteiger partial charge in [-0.2, -0.15) is 9.78 Å². The van der Waals surface area contributed by atoms with Crippen molar-refractivity contribution in [2.75, 3.05) is 18.9 Å². The van der Waals surface area contributed by atoms with Crippen LogP contribution in [0.25, 0.3) is 22.2 Å². The summed E-state index contributed by atoms with van der Waals surface area (Å²) in [6, 6.07) is 11.4. The van der Waals surface area contributed by atoms with Gasteiger partial charge < -0.3 is 15.8 Å². The number of ether oxygens (including phenoxy) is 1. The molecule has 0 saturated carbocycles. The molecule has 1 atom stereocenters. The molecule has 5 rings (SSSR count). The molecule has 1 amide bonds. The number of nitrogens with zero attached hydrogens (tertiary/aromatic N) is 4. The van der Waals surface area contributed by atoms with Crippen LogP contribution in [0, 0.1) is 0 Å². The van der Waals surface area contributed by atoms with Gasteiger partial charge in [-0.3, -0.25) is 4.79 Å². The van der Waals surface area contributed by atoms with Crippen molar-refractivity contribution in [3.05, 3.63) is 52.2 Å². The molecule has 152 valence electrons. The summed E-state index contributed by atoms with van der Waals surface area (Å²) in [6.07, 6.45) is 3.68. The van der Waals surface area contributed by atoms with Crippen LogP contribution in [0.1, 0.15) is 28.1 Å². The van der Waals surface area contributed by atoms with Gasteiger partial charge in [0.05, 0.1) is 23.4 Å². The van der Waals surface area contributed by atoms with E-state index in [0.717, 1.165) is 24.3 Å². The zero-order chi connectivity index (χ0) is 20.5. The number of para-hydroxylation sites is 2. The number of nitrogens with one attached hydrogen (secondary N) is 1. The van der Waals surface area contributed by atoms with Crippen LogP contribution in [-0.4, -0.2) is 46.0 Å². The summed E-state index contributed by atoms with van der Waals surface area (Å²) in [6.45, 7) is 1.17. The molecule has 0 bridgehead atoms. The molecule has 30 heavy (non-hydrogen) atoms. The first kappa shape index (κ1) is 18.7. The largest absolute Gasteiger partial charge is 0.383 e. The molecule has 0 spiro atoms. The standard InChI is InChI=1S/C21H20N6O2S/c22-19-17(21(28)23-11-13-5-3-9-29-13)18-20(26-16-8-2-1-7-15(16)25-18)27(19)24-12-14-6-4-10-30-14/h1-2,4,6-8,10,12-13H,3,5,9,11,22H2,(H,23,28)/b24-12-/t13-/m1/s1. The van der Waals surface area contributed by atoms with E-state index >= 15 is 0 Å². The van der Waals surface area contributed by atoms with E-state index in [4.69, 9.17) is 10.5 Å². The Labute approximate surface area is 176 Å². The summed E-state index contributed by atoms with van der Waals surface area (Å²) in [5.41, 5.74) is 8.94. The highest BCUT2D eigenvalue weighted by Crippen LogP contribution is 2.28. The lowest BCUT2D eigenvalue weighted by atomic mass is 10.2. The molecule has 0 radical (unpaired) electrons. The molecule has 0 unspecified atom stereocenters. The predicted molar refractivity (Wildman–Crippen MR) is 118 cm³/mol. The first-order valence-corrected chi connectivity index (χ1v) is 10.6. The normalized spacial score (nSPS) is 16.7. The van der Waals surface area contributed by atoms with Crippen LogP contribution in [0.4, 0.5) is 5.82 Å². The number of nitrogen functional groups attached to an aromatic ring is 1. The Bertz CT molecular complexity index is 1240. The smallest absolute Gasteiger partial charge is 0.257 e. The number of hydrogen-bond acceptors (Lipinski definition) is 7. The molecule has 1 saturated heterocycles. The minimum absolute atomic E-state index is 0.0345. The van der Waals surface area contributed by atoms with Gasteiger partial charge in [-0.1, -0.05) is 18.2 Å². The van der Waals surface area contributed by atoms with Gasteiger partial charge >= 0.3 is 0 Å². The number of amides is 1. The Morgan fingerprint density at radius 1 is 1.30 bits per heavy atom. The predicted octanol–water partition coefficient (Wildman–Crippen LogP) is 3.02. The maximum Gasteiger partial charge on any atom is 0.257 e. The third kappa shape index (κ3) is 3.42. The molecule has 1 aliphatic rings. The Hall–Kier alpha value is -3.30. The highest BCUT2D eigenvalue weighted by Gasteiger charge is 2.25. The summed E-state index contributed by atoms with van der Waals surface area (Å²) in [5.74, 6) is -0.0967. The summed E-state index contributed by atoms with van der Waals surface area (Å²) < 4.78 is 7.08. The Morgan fingerprint density at radius 2 is 2.13 bits per heavy atom. The lowest BCUT2D eigenvalue weighted by molar-refractivity contribution is 0.0859. The Kier molecular flexibility index (Phi) is 4.89. The molecule has 3 aromatic heterocycles. The second kappa shape index (κ2) is 7.85. The van der Waals surface area contributed by atoms with Crippen LogP contribution in [0.2, 0.25) is 0 Å². The number of fused-ring (bicyclic) bond motifs is 2. The lowest BCUT2D eigenvalue weighted by Gasteiger charge is -2.10. The second-order valence-corrected chi connectivity index (χ2v) is 8.04. The maximum atomic E-state index is 13.0. The van der Waals surface area contributed by atoms with Crippen molar-refractivity contribution >= 4 is 51.5 Å². The number of anilines is 1. The van der Waals surface area contributed by atoms with E-state index in [-0.39, 0.29) is 23.4 Å². The van der Waals surface area contributed by atoms with Gasteiger partial charge in [-0.25, -0.2) is 9.97 Å². The summed E-state index contributed by atoms with van der Waals surface area (Å²) >= 11 is 1.56. The van der Waals surface area contributed by atoms with Crippen LogP contribution in [0.15, 0.2) is 46.9 Å². The summed E-state index contributed by atoms with van der Waals surface area (Å²) in [5, 5.41) is 9.39. The van der Waals surface area contributed by atoms with Crippen LogP contribution in [-0.2, 0) is 4.74 Å². The molecule has 4 heterocycles. The maximum absolute atomic E-state index is 13.0. The molecule has 3 N–H and O–H groups in total. The fourth-order valence-electron chi connectivity index (χ4n) is 3.57. The second-order valence-electron chi connectivity index (χ2n) is 7.06. The van der Waals surface area contributed by atoms with Crippen molar-refractivity contribution in [2.45, 2.75) is 18.9 Å². The molecule has 1 aliphatic heterocycles. The summed E-state index contributed by atoms with van der Waals surface area (Å²) in [4.78, 5) is 23.4.